The number of nitrogens with zero attached hydrogens (tertiary/aromatic N) is 4. The van der Waals surface area contributed by atoms with Gasteiger partial charge in [-0.2, -0.15) is 5.26 Å². The van der Waals surface area contributed by atoms with Gasteiger partial charge in [0.05, 0.1) is 30.9 Å². The normalized spacial score (nSPS) is 16.9. The molecule has 23 heavy (non-hydrogen) atoms. The summed E-state index contributed by atoms with van der Waals surface area (Å²) in [6.07, 6.45) is 2.79. The summed E-state index contributed by atoms with van der Waals surface area (Å²) in [4.78, 5) is 7.07. The van der Waals surface area contributed by atoms with E-state index in [0.29, 0.717) is 0 Å². The molecule has 0 radical (unpaired) electrons. The maximum absolute atomic E-state index is 9.54. The van der Waals surface area contributed by atoms with Crippen molar-refractivity contribution in [3.05, 3.63) is 42.2 Å². The summed E-state index contributed by atoms with van der Waals surface area (Å²) in [5, 5.41) is 9.54. The van der Waals surface area contributed by atoms with Gasteiger partial charge in [-0.25, -0.2) is 4.98 Å². The molecule has 1 aromatic heterocycles. The second-order valence-corrected chi connectivity index (χ2v) is 5.89. The number of aromatic nitrogens is 2. The summed E-state index contributed by atoms with van der Waals surface area (Å²) >= 11 is 0. The quantitative estimate of drug-likeness (QED) is 0.851. The van der Waals surface area contributed by atoms with Gasteiger partial charge in [0.2, 0.25) is 0 Å². The predicted octanol–water partition coefficient (Wildman–Crippen LogP) is 2.42. The maximum atomic E-state index is 9.54. The van der Waals surface area contributed by atoms with Crippen LogP contribution in [0.15, 0.2) is 36.5 Å². The first-order chi connectivity index (χ1) is 11.3. The SMILES string of the molecule is Cn1cc(C(C#N)CCN2CCOCC2)nc1-c1ccccc1. The molecular formula is C18H22N4O. The molecule has 0 bridgehead atoms. The zero-order valence-electron chi connectivity index (χ0n) is 13.5. The number of rotatable bonds is 5. The zero-order valence-corrected chi connectivity index (χ0v) is 13.5. The number of imidazole rings is 1. The third kappa shape index (κ3) is 3.79. The minimum Gasteiger partial charge on any atom is -0.379 e. The Kier molecular flexibility index (Phi) is 5.06. The lowest BCUT2D eigenvalue weighted by Crippen LogP contribution is -2.37. The number of hydrogen-bond donors (Lipinski definition) is 0. The Hall–Kier alpha value is -2.16. The molecule has 1 unspecified atom stereocenters. The van der Waals surface area contributed by atoms with Gasteiger partial charge in [-0.1, -0.05) is 30.3 Å². The molecule has 1 aromatic carbocycles. The fourth-order valence-corrected chi connectivity index (χ4v) is 2.93. The number of benzene rings is 1. The van der Waals surface area contributed by atoms with E-state index in [0.717, 1.165) is 56.4 Å². The van der Waals surface area contributed by atoms with Crippen molar-refractivity contribution in [1.82, 2.24) is 14.5 Å². The van der Waals surface area contributed by atoms with E-state index in [1.165, 1.54) is 0 Å². The van der Waals surface area contributed by atoms with E-state index in [1.807, 2.05) is 48.1 Å². The van der Waals surface area contributed by atoms with Crippen molar-refractivity contribution in [1.29, 1.82) is 5.26 Å². The Morgan fingerprint density at radius 1 is 1.26 bits per heavy atom. The summed E-state index contributed by atoms with van der Waals surface area (Å²) in [6, 6.07) is 12.5. The Morgan fingerprint density at radius 2 is 2.00 bits per heavy atom. The molecular weight excluding hydrogens is 288 g/mol. The summed E-state index contributed by atoms with van der Waals surface area (Å²) in [5.41, 5.74) is 1.94. The highest BCUT2D eigenvalue weighted by molar-refractivity contribution is 5.55. The van der Waals surface area contributed by atoms with Crippen LogP contribution in [0.25, 0.3) is 11.4 Å². The molecule has 0 amide bonds. The molecule has 1 aliphatic rings. The molecule has 3 rings (SSSR count). The van der Waals surface area contributed by atoms with Crippen molar-refractivity contribution in [2.45, 2.75) is 12.3 Å². The number of aryl methyl sites for hydroxylation is 1. The van der Waals surface area contributed by atoms with Crippen LogP contribution in [0.4, 0.5) is 0 Å². The molecule has 5 heteroatoms. The maximum Gasteiger partial charge on any atom is 0.140 e. The summed E-state index contributed by atoms with van der Waals surface area (Å²) in [6.45, 7) is 4.40. The average Bonchev–Trinajstić information content (AvgIpc) is 2.99. The second kappa shape index (κ2) is 7.40. The monoisotopic (exact) mass is 310 g/mol. The van der Waals surface area contributed by atoms with Crippen LogP contribution in [0.5, 0.6) is 0 Å². The second-order valence-electron chi connectivity index (χ2n) is 5.89. The highest BCUT2D eigenvalue weighted by atomic mass is 16.5. The van der Waals surface area contributed by atoms with Gasteiger partial charge < -0.3 is 9.30 Å². The van der Waals surface area contributed by atoms with Crippen LogP contribution in [0.2, 0.25) is 0 Å². The predicted molar refractivity (Wildman–Crippen MR) is 88.9 cm³/mol. The molecule has 1 aliphatic heterocycles. The van der Waals surface area contributed by atoms with Gasteiger partial charge >= 0.3 is 0 Å². The fourth-order valence-electron chi connectivity index (χ4n) is 2.93. The molecule has 1 atom stereocenters. The van der Waals surface area contributed by atoms with Gasteiger partial charge in [-0.3, -0.25) is 4.90 Å². The van der Waals surface area contributed by atoms with E-state index < -0.39 is 0 Å². The molecule has 0 aliphatic carbocycles. The van der Waals surface area contributed by atoms with Gasteiger partial charge in [-0.15, -0.1) is 0 Å². The van der Waals surface area contributed by atoms with E-state index in [9.17, 15) is 5.26 Å². The van der Waals surface area contributed by atoms with Crippen molar-refractivity contribution < 1.29 is 4.74 Å². The van der Waals surface area contributed by atoms with E-state index in [2.05, 4.69) is 11.0 Å². The molecule has 2 aromatic rings. The molecule has 5 nitrogen and oxygen atoms in total. The smallest absolute Gasteiger partial charge is 0.140 e. The number of morpholine rings is 1. The topological polar surface area (TPSA) is 54.1 Å². The highest BCUT2D eigenvalue weighted by Crippen LogP contribution is 2.24. The minimum absolute atomic E-state index is 0.165. The molecule has 120 valence electrons. The third-order valence-corrected chi connectivity index (χ3v) is 4.28. The van der Waals surface area contributed by atoms with Gasteiger partial charge in [0, 0.05) is 31.9 Å². The van der Waals surface area contributed by atoms with E-state index in [4.69, 9.17) is 9.72 Å². The molecule has 1 saturated heterocycles. The first-order valence-electron chi connectivity index (χ1n) is 8.06. The Morgan fingerprint density at radius 3 is 2.70 bits per heavy atom. The van der Waals surface area contributed by atoms with E-state index in [1.54, 1.807) is 0 Å². The van der Waals surface area contributed by atoms with Crippen molar-refractivity contribution in [2.24, 2.45) is 7.05 Å². The standard InChI is InChI=1S/C18H22N4O/c1-21-14-17(20-18(21)15-5-3-2-4-6-15)16(13-19)7-8-22-9-11-23-12-10-22/h2-6,14,16H,7-12H2,1H3. The van der Waals surface area contributed by atoms with Crippen LogP contribution in [-0.4, -0.2) is 47.3 Å². The lowest BCUT2D eigenvalue weighted by atomic mass is 10.0. The van der Waals surface area contributed by atoms with Crippen molar-refractivity contribution >= 4 is 0 Å². The number of ether oxygens (including phenoxy) is 1. The van der Waals surface area contributed by atoms with Crippen LogP contribution < -0.4 is 0 Å². The Bertz CT molecular complexity index is 668. The van der Waals surface area contributed by atoms with Crippen LogP contribution in [0, 0.1) is 11.3 Å². The molecule has 2 heterocycles. The van der Waals surface area contributed by atoms with Gasteiger partial charge in [0.25, 0.3) is 0 Å². The van der Waals surface area contributed by atoms with Crippen LogP contribution in [0.1, 0.15) is 18.0 Å². The van der Waals surface area contributed by atoms with Gasteiger partial charge in [0.15, 0.2) is 0 Å². The molecule has 1 fully saturated rings. The lowest BCUT2D eigenvalue weighted by molar-refractivity contribution is 0.0370. The minimum atomic E-state index is -0.165. The van der Waals surface area contributed by atoms with E-state index in [-0.39, 0.29) is 5.92 Å². The Labute approximate surface area is 137 Å². The van der Waals surface area contributed by atoms with Crippen LogP contribution in [-0.2, 0) is 11.8 Å². The number of hydrogen-bond acceptors (Lipinski definition) is 4. The van der Waals surface area contributed by atoms with Crippen LogP contribution in [0.3, 0.4) is 0 Å². The molecule has 0 N–H and O–H groups in total. The zero-order chi connectivity index (χ0) is 16.1. The molecule has 0 saturated carbocycles. The summed E-state index contributed by atoms with van der Waals surface area (Å²) in [5.74, 6) is 0.744. The first kappa shape index (κ1) is 15.7. The average molecular weight is 310 g/mol. The van der Waals surface area contributed by atoms with Crippen molar-refractivity contribution in [2.75, 3.05) is 32.8 Å². The first-order valence-corrected chi connectivity index (χ1v) is 8.06. The number of nitriles is 1. The van der Waals surface area contributed by atoms with Gasteiger partial charge in [-0.05, 0) is 13.0 Å². The highest BCUT2D eigenvalue weighted by Gasteiger charge is 2.19. The van der Waals surface area contributed by atoms with Gasteiger partial charge in [0.1, 0.15) is 5.82 Å². The van der Waals surface area contributed by atoms with Crippen molar-refractivity contribution in [3.8, 4) is 17.5 Å². The Balaban J connectivity index is 1.70. The fraction of sp³-hybridized carbons (Fsp3) is 0.444. The van der Waals surface area contributed by atoms with Crippen molar-refractivity contribution in [3.63, 3.8) is 0 Å². The summed E-state index contributed by atoms with van der Waals surface area (Å²) < 4.78 is 7.37. The molecule has 0 spiro atoms. The lowest BCUT2D eigenvalue weighted by Gasteiger charge is -2.26. The summed E-state index contributed by atoms with van der Waals surface area (Å²) in [7, 11) is 1.98. The largest absolute Gasteiger partial charge is 0.379 e. The van der Waals surface area contributed by atoms with E-state index >= 15 is 0 Å². The third-order valence-electron chi connectivity index (χ3n) is 4.28. The van der Waals surface area contributed by atoms with Crippen LogP contribution >= 0.6 is 0 Å².